The third kappa shape index (κ3) is 4.47. The van der Waals surface area contributed by atoms with Crippen LogP contribution in [-0.4, -0.2) is 30.8 Å². The minimum Gasteiger partial charge on any atom is -0.497 e. The lowest BCUT2D eigenvalue weighted by molar-refractivity contribution is -0.122. The highest BCUT2D eigenvalue weighted by atomic mass is 16.5. The maximum atomic E-state index is 12.1. The predicted octanol–water partition coefficient (Wildman–Crippen LogP) is 2.78. The number of aliphatic hydroxyl groups is 1. The largest absolute Gasteiger partial charge is 0.497 e. The number of ether oxygens (including phenoxy) is 1. The smallest absolute Gasteiger partial charge is 0.220 e. The number of amides is 1. The van der Waals surface area contributed by atoms with E-state index in [1.807, 2.05) is 13.0 Å². The Bertz CT molecular complexity index is 501. The van der Waals surface area contributed by atoms with Gasteiger partial charge in [0, 0.05) is 13.0 Å². The molecule has 1 amide bonds. The van der Waals surface area contributed by atoms with Crippen LogP contribution in [0.15, 0.2) is 18.2 Å². The molecule has 4 heteroatoms. The highest BCUT2D eigenvalue weighted by molar-refractivity contribution is 5.77. The predicted molar refractivity (Wildman–Crippen MR) is 87.2 cm³/mol. The van der Waals surface area contributed by atoms with Crippen LogP contribution in [0.2, 0.25) is 0 Å². The summed E-state index contributed by atoms with van der Waals surface area (Å²) in [6, 6.07) is 6.15. The summed E-state index contributed by atoms with van der Waals surface area (Å²) in [6.45, 7) is 2.38. The van der Waals surface area contributed by atoms with Crippen molar-refractivity contribution < 1.29 is 14.6 Å². The Balaban J connectivity index is 1.93. The SMILES string of the molecule is CCCC(O)CNC(=O)CC1CCCc2cc(OC)ccc21. The van der Waals surface area contributed by atoms with Gasteiger partial charge in [-0.15, -0.1) is 0 Å². The zero-order valence-electron chi connectivity index (χ0n) is 13.6. The van der Waals surface area contributed by atoms with Crippen molar-refractivity contribution in [1.82, 2.24) is 5.32 Å². The fraction of sp³-hybridized carbons (Fsp3) is 0.611. The number of nitrogens with one attached hydrogen (secondary N) is 1. The number of aliphatic hydroxyl groups excluding tert-OH is 1. The number of hydrogen-bond donors (Lipinski definition) is 2. The van der Waals surface area contributed by atoms with Gasteiger partial charge in [0.2, 0.25) is 5.91 Å². The highest BCUT2D eigenvalue weighted by Gasteiger charge is 2.23. The fourth-order valence-electron chi connectivity index (χ4n) is 3.19. The van der Waals surface area contributed by atoms with E-state index < -0.39 is 6.10 Å². The quantitative estimate of drug-likeness (QED) is 0.814. The summed E-state index contributed by atoms with van der Waals surface area (Å²) in [6.07, 6.45) is 4.93. The third-order valence-electron chi connectivity index (χ3n) is 4.38. The Kier molecular flexibility index (Phi) is 6.25. The van der Waals surface area contributed by atoms with Crippen molar-refractivity contribution in [3.05, 3.63) is 29.3 Å². The Morgan fingerprint density at radius 3 is 3.05 bits per heavy atom. The monoisotopic (exact) mass is 305 g/mol. The first-order chi connectivity index (χ1) is 10.6. The number of benzene rings is 1. The Hall–Kier alpha value is -1.55. The van der Waals surface area contributed by atoms with Crippen molar-refractivity contribution in [2.75, 3.05) is 13.7 Å². The number of hydrogen-bond acceptors (Lipinski definition) is 3. The molecule has 0 radical (unpaired) electrons. The van der Waals surface area contributed by atoms with Gasteiger partial charge in [-0.1, -0.05) is 19.4 Å². The molecule has 1 aromatic rings. The first kappa shape index (κ1) is 16.8. The van der Waals surface area contributed by atoms with E-state index >= 15 is 0 Å². The molecule has 1 aliphatic carbocycles. The topological polar surface area (TPSA) is 58.6 Å². The molecule has 0 fully saturated rings. The zero-order chi connectivity index (χ0) is 15.9. The van der Waals surface area contributed by atoms with Crippen LogP contribution in [0.4, 0.5) is 0 Å². The zero-order valence-corrected chi connectivity index (χ0v) is 13.6. The van der Waals surface area contributed by atoms with E-state index in [9.17, 15) is 9.90 Å². The number of carbonyl (C=O) groups is 1. The van der Waals surface area contributed by atoms with Gasteiger partial charge < -0.3 is 15.2 Å². The van der Waals surface area contributed by atoms with Crippen LogP contribution in [0, 0.1) is 0 Å². The van der Waals surface area contributed by atoms with Gasteiger partial charge in [0.1, 0.15) is 5.75 Å². The number of rotatable bonds is 7. The van der Waals surface area contributed by atoms with Crippen LogP contribution in [0.5, 0.6) is 5.75 Å². The molecule has 1 aliphatic rings. The Labute approximate surface area is 132 Å². The van der Waals surface area contributed by atoms with Gasteiger partial charge in [-0.05, 0) is 54.9 Å². The normalized spacial score (nSPS) is 18.4. The summed E-state index contributed by atoms with van der Waals surface area (Å²) >= 11 is 0. The molecule has 122 valence electrons. The molecule has 2 N–H and O–H groups in total. The molecule has 4 nitrogen and oxygen atoms in total. The second-order valence-electron chi connectivity index (χ2n) is 6.10. The maximum absolute atomic E-state index is 12.1. The van der Waals surface area contributed by atoms with Crippen LogP contribution >= 0.6 is 0 Å². The summed E-state index contributed by atoms with van der Waals surface area (Å²) in [7, 11) is 1.68. The summed E-state index contributed by atoms with van der Waals surface area (Å²) < 4.78 is 5.28. The Morgan fingerprint density at radius 2 is 2.32 bits per heavy atom. The van der Waals surface area contributed by atoms with Crippen LogP contribution in [0.3, 0.4) is 0 Å². The van der Waals surface area contributed by atoms with Crippen LogP contribution in [-0.2, 0) is 11.2 Å². The second-order valence-corrected chi connectivity index (χ2v) is 6.10. The number of carbonyl (C=O) groups excluding carboxylic acids is 1. The van der Waals surface area contributed by atoms with Crippen LogP contribution in [0.25, 0.3) is 0 Å². The van der Waals surface area contributed by atoms with E-state index in [0.717, 1.165) is 37.9 Å². The van der Waals surface area contributed by atoms with Gasteiger partial charge >= 0.3 is 0 Å². The lowest BCUT2D eigenvalue weighted by Crippen LogP contribution is -2.33. The lowest BCUT2D eigenvalue weighted by Gasteiger charge is -2.25. The van der Waals surface area contributed by atoms with Gasteiger partial charge in [-0.3, -0.25) is 4.79 Å². The van der Waals surface area contributed by atoms with Crippen molar-refractivity contribution in [3.8, 4) is 5.75 Å². The average molecular weight is 305 g/mol. The molecule has 2 rings (SSSR count). The molecule has 2 atom stereocenters. The lowest BCUT2D eigenvalue weighted by atomic mass is 9.81. The van der Waals surface area contributed by atoms with Crippen LogP contribution < -0.4 is 10.1 Å². The molecular formula is C18H27NO3. The molecule has 2 unspecified atom stereocenters. The number of aryl methyl sites for hydroxylation is 1. The van der Waals surface area contributed by atoms with E-state index in [0.29, 0.717) is 13.0 Å². The van der Waals surface area contributed by atoms with Crippen molar-refractivity contribution in [2.24, 2.45) is 0 Å². The second kappa shape index (κ2) is 8.18. The molecule has 1 aromatic carbocycles. The fourth-order valence-corrected chi connectivity index (χ4v) is 3.19. The summed E-state index contributed by atoms with van der Waals surface area (Å²) in [5.74, 6) is 1.19. The molecule has 0 spiro atoms. The van der Waals surface area contributed by atoms with Crippen molar-refractivity contribution in [3.63, 3.8) is 0 Å². The van der Waals surface area contributed by atoms with Gasteiger partial charge in [0.25, 0.3) is 0 Å². The van der Waals surface area contributed by atoms with E-state index in [4.69, 9.17) is 4.74 Å². The first-order valence-corrected chi connectivity index (χ1v) is 8.25. The maximum Gasteiger partial charge on any atom is 0.220 e. The molecule has 0 aromatic heterocycles. The molecule has 0 bridgehead atoms. The average Bonchev–Trinajstić information content (AvgIpc) is 2.53. The first-order valence-electron chi connectivity index (χ1n) is 8.25. The number of methoxy groups -OCH3 is 1. The molecule has 22 heavy (non-hydrogen) atoms. The standard InChI is InChI=1S/C18H27NO3/c1-3-5-15(20)12-19-18(21)11-14-7-4-6-13-10-16(22-2)8-9-17(13)14/h8-10,14-15,20H,3-7,11-12H2,1-2H3,(H,19,21). The van der Waals surface area contributed by atoms with Gasteiger partial charge in [-0.2, -0.15) is 0 Å². The van der Waals surface area contributed by atoms with Gasteiger partial charge in [-0.25, -0.2) is 0 Å². The number of fused-ring (bicyclic) bond motifs is 1. The van der Waals surface area contributed by atoms with Crippen molar-refractivity contribution in [2.45, 2.75) is 57.5 Å². The van der Waals surface area contributed by atoms with Crippen molar-refractivity contribution >= 4 is 5.91 Å². The van der Waals surface area contributed by atoms with Crippen molar-refractivity contribution in [1.29, 1.82) is 0 Å². The molecule has 0 saturated carbocycles. The molecule has 0 saturated heterocycles. The summed E-state index contributed by atoms with van der Waals surface area (Å²) in [5.41, 5.74) is 2.57. The molecular weight excluding hydrogens is 278 g/mol. The third-order valence-corrected chi connectivity index (χ3v) is 4.38. The van der Waals surface area contributed by atoms with E-state index in [2.05, 4.69) is 17.4 Å². The highest BCUT2D eigenvalue weighted by Crippen LogP contribution is 2.35. The minimum atomic E-state index is -0.433. The van der Waals surface area contributed by atoms with E-state index in [1.54, 1.807) is 7.11 Å². The van der Waals surface area contributed by atoms with Gasteiger partial charge in [0.15, 0.2) is 0 Å². The van der Waals surface area contributed by atoms with Gasteiger partial charge in [0.05, 0.1) is 13.2 Å². The molecule has 0 heterocycles. The summed E-state index contributed by atoms with van der Waals surface area (Å²) in [5, 5.41) is 12.5. The van der Waals surface area contributed by atoms with Crippen LogP contribution in [0.1, 0.15) is 56.1 Å². The summed E-state index contributed by atoms with van der Waals surface area (Å²) in [4.78, 5) is 12.1. The van der Waals surface area contributed by atoms with E-state index in [-0.39, 0.29) is 11.8 Å². The minimum absolute atomic E-state index is 0.0313. The Morgan fingerprint density at radius 1 is 1.50 bits per heavy atom. The van der Waals surface area contributed by atoms with E-state index in [1.165, 1.54) is 11.1 Å². The molecule has 0 aliphatic heterocycles.